The summed E-state index contributed by atoms with van der Waals surface area (Å²) < 4.78 is 0. The Labute approximate surface area is 55.3 Å². The van der Waals surface area contributed by atoms with Crippen LogP contribution in [0.25, 0.3) is 0 Å². The zero-order valence-corrected chi connectivity index (χ0v) is 5.46. The van der Waals surface area contributed by atoms with Crippen LogP contribution >= 0.6 is 0 Å². The van der Waals surface area contributed by atoms with E-state index >= 15 is 0 Å². The van der Waals surface area contributed by atoms with E-state index in [2.05, 4.69) is 11.4 Å². The van der Waals surface area contributed by atoms with Crippen molar-refractivity contribution in [3.05, 3.63) is 6.54 Å². The molecule has 0 aromatic heterocycles. The molecule has 1 saturated heterocycles. The molecule has 3 nitrogen and oxygen atoms in total. The fourth-order valence-corrected chi connectivity index (χ4v) is 0.838. The Morgan fingerprint density at radius 3 is 3.11 bits per heavy atom. The molecule has 1 atom stereocenters. The Morgan fingerprint density at radius 1 is 1.89 bits per heavy atom. The van der Waals surface area contributed by atoms with Crippen molar-refractivity contribution in [3.8, 4) is 6.07 Å². The lowest BCUT2D eigenvalue weighted by molar-refractivity contribution is 0.271. The lowest BCUT2D eigenvalue weighted by Gasteiger charge is -2.27. The van der Waals surface area contributed by atoms with Crippen molar-refractivity contribution in [2.45, 2.75) is 6.04 Å². The predicted octanol–water partition coefficient (Wildman–Crippen LogP) is -0.425. The van der Waals surface area contributed by atoms with Crippen LogP contribution in [0.4, 0.5) is 0 Å². The molecule has 0 bridgehead atoms. The molecule has 1 unspecified atom stereocenters. The van der Waals surface area contributed by atoms with Gasteiger partial charge in [0.2, 0.25) is 0 Å². The second-order valence-electron chi connectivity index (χ2n) is 2.18. The summed E-state index contributed by atoms with van der Waals surface area (Å²) >= 11 is 0. The van der Waals surface area contributed by atoms with E-state index in [0.717, 1.165) is 13.1 Å². The highest BCUT2D eigenvalue weighted by molar-refractivity contribution is 5.01. The van der Waals surface area contributed by atoms with Crippen LogP contribution in [0.2, 0.25) is 0 Å². The number of nitriles is 1. The van der Waals surface area contributed by atoms with E-state index in [9.17, 15) is 0 Å². The standard InChI is InChI=1S/C6H10N3/c1-9-3-2-8-5-6(9)4-7/h5-6,8H,2-3H2,1H3. The van der Waals surface area contributed by atoms with E-state index < -0.39 is 0 Å². The molecule has 1 aliphatic rings. The molecule has 0 saturated carbocycles. The Hall–Kier alpha value is -0.590. The molecule has 0 spiro atoms. The third-order valence-corrected chi connectivity index (χ3v) is 1.49. The minimum Gasteiger partial charge on any atom is -0.309 e. The molecule has 49 valence electrons. The molecule has 1 heterocycles. The molecular weight excluding hydrogens is 114 g/mol. The summed E-state index contributed by atoms with van der Waals surface area (Å²) in [4.78, 5) is 2.01. The minimum absolute atomic E-state index is 0.0428. The highest BCUT2D eigenvalue weighted by atomic mass is 15.2. The monoisotopic (exact) mass is 124 g/mol. The van der Waals surface area contributed by atoms with E-state index in [1.54, 1.807) is 0 Å². The number of nitrogens with one attached hydrogen (secondary N) is 1. The molecule has 0 aliphatic carbocycles. The van der Waals surface area contributed by atoms with Gasteiger partial charge >= 0.3 is 0 Å². The van der Waals surface area contributed by atoms with Crippen LogP contribution in [0.5, 0.6) is 0 Å². The maximum atomic E-state index is 8.50. The first kappa shape index (κ1) is 6.53. The largest absolute Gasteiger partial charge is 0.309 e. The second kappa shape index (κ2) is 2.81. The topological polar surface area (TPSA) is 39.1 Å². The zero-order valence-electron chi connectivity index (χ0n) is 5.46. The Bertz CT molecular complexity index is 127. The van der Waals surface area contributed by atoms with Crippen molar-refractivity contribution < 1.29 is 0 Å². The van der Waals surface area contributed by atoms with Crippen LogP contribution in [0.1, 0.15) is 0 Å². The molecule has 1 radical (unpaired) electrons. The summed E-state index contributed by atoms with van der Waals surface area (Å²) in [6, 6.07) is 2.12. The maximum Gasteiger partial charge on any atom is 0.115 e. The number of hydrogen-bond donors (Lipinski definition) is 1. The molecule has 1 rings (SSSR count). The van der Waals surface area contributed by atoms with Crippen LogP contribution in [0, 0.1) is 17.9 Å². The first-order valence-electron chi connectivity index (χ1n) is 3.01. The Kier molecular flexibility index (Phi) is 2.04. The third kappa shape index (κ3) is 1.41. The quantitative estimate of drug-likeness (QED) is 0.476. The molecule has 3 heteroatoms. The average molecular weight is 124 g/mol. The van der Waals surface area contributed by atoms with Gasteiger partial charge in [-0.3, -0.25) is 4.90 Å². The van der Waals surface area contributed by atoms with Gasteiger partial charge < -0.3 is 5.32 Å². The van der Waals surface area contributed by atoms with Gasteiger partial charge in [0.1, 0.15) is 6.04 Å². The van der Waals surface area contributed by atoms with Crippen molar-refractivity contribution in [1.82, 2.24) is 10.2 Å². The second-order valence-corrected chi connectivity index (χ2v) is 2.18. The first-order valence-corrected chi connectivity index (χ1v) is 3.01. The summed E-state index contributed by atoms with van der Waals surface area (Å²) in [5.41, 5.74) is 0. The van der Waals surface area contributed by atoms with Gasteiger partial charge in [-0.05, 0) is 7.05 Å². The van der Waals surface area contributed by atoms with Gasteiger partial charge in [-0.2, -0.15) is 5.26 Å². The number of rotatable bonds is 0. The highest BCUT2D eigenvalue weighted by Crippen LogP contribution is 2.00. The fraction of sp³-hybridized carbons (Fsp3) is 0.667. The van der Waals surface area contributed by atoms with Gasteiger partial charge in [0.25, 0.3) is 0 Å². The molecule has 1 fully saturated rings. The van der Waals surface area contributed by atoms with E-state index in [4.69, 9.17) is 5.26 Å². The fourth-order valence-electron chi connectivity index (χ4n) is 0.838. The van der Waals surface area contributed by atoms with Crippen LogP contribution in [0.15, 0.2) is 0 Å². The molecule has 0 aromatic rings. The van der Waals surface area contributed by atoms with Gasteiger partial charge in [-0.25, -0.2) is 0 Å². The molecule has 0 amide bonds. The summed E-state index contributed by atoms with van der Waals surface area (Å²) in [6.45, 7) is 3.73. The van der Waals surface area contributed by atoms with E-state index in [0.29, 0.717) is 0 Å². The van der Waals surface area contributed by atoms with Crippen molar-refractivity contribution in [2.24, 2.45) is 0 Å². The lowest BCUT2D eigenvalue weighted by atomic mass is 10.2. The Morgan fingerprint density at radius 2 is 2.67 bits per heavy atom. The number of piperazine rings is 1. The smallest absolute Gasteiger partial charge is 0.115 e. The van der Waals surface area contributed by atoms with Crippen LogP contribution < -0.4 is 5.32 Å². The summed E-state index contributed by atoms with van der Waals surface area (Å²) in [7, 11) is 1.95. The number of hydrogen-bond acceptors (Lipinski definition) is 3. The van der Waals surface area contributed by atoms with E-state index in [1.807, 2.05) is 18.5 Å². The van der Waals surface area contributed by atoms with Gasteiger partial charge in [0.15, 0.2) is 0 Å². The summed E-state index contributed by atoms with van der Waals surface area (Å²) in [6.07, 6.45) is 0. The van der Waals surface area contributed by atoms with Crippen LogP contribution in [-0.4, -0.2) is 31.1 Å². The summed E-state index contributed by atoms with van der Waals surface area (Å²) in [5, 5.41) is 11.5. The average Bonchev–Trinajstić information content (AvgIpc) is 1.89. The van der Waals surface area contributed by atoms with Gasteiger partial charge in [0, 0.05) is 13.1 Å². The third-order valence-electron chi connectivity index (χ3n) is 1.49. The van der Waals surface area contributed by atoms with Crippen LogP contribution in [-0.2, 0) is 0 Å². The maximum absolute atomic E-state index is 8.50. The normalized spacial score (nSPS) is 29.6. The minimum atomic E-state index is -0.0428. The molecule has 1 N–H and O–H groups in total. The van der Waals surface area contributed by atoms with Crippen molar-refractivity contribution in [3.63, 3.8) is 0 Å². The highest BCUT2D eigenvalue weighted by Gasteiger charge is 2.16. The molecule has 0 aromatic carbocycles. The Balaban J connectivity index is 2.41. The van der Waals surface area contributed by atoms with Crippen LogP contribution in [0.3, 0.4) is 0 Å². The SMILES string of the molecule is CN1CCN[CH]C1C#N. The molecular formula is C6H10N3. The van der Waals surface area contributed by atoms with E-state index in [1.165, 1.54) is 0 Å². The van der Waals surface area contributed by atoms with Crippen molar-refractivity contribution in [2.75, 3.05) is 20.1 Å². The number of nitrogens with zero attached hydrogens (tertiary/aromatic N) is 2. The molecule has 1 aliphatic heterocycles. The lowest BCUT2D eigenvalue weighted by Crippen LogP contribution is -2.44. The van der Waals surface area contributed by atoms with Crippen molar-refractivity contribution in [1.29, 1.82) is 5.26 Å². The first-order chi connectivity index (χ1) is 4.34. The van der Waals surface area contributed by atoms with Crippen molar-refractivity contribution >= 4 is 0 Å². The zero-order chi connectivity index (χ0) is 6.69. The number of likely N-dealkylation sites (N-methyl/N-ethyl adjacent to an activating group) is 1. The van der Waals surface area contributed by atoms with Gasteiger partial charge in [0.05, 0.1) is 12.6 Å². The van der Waals surface area contributed by atoms with E-state index in [-0.39, 0.29) is 6.04 Å². The van der Waals surface area contributed by atoms with Gasteiger partial charge in [-0.15, -0.1) is 0 Å². The predicted molar refractivity (Wildman–Crippen MR) is 34.3 cm³/mol. The summed E-state index contributed by atoms with van der Waals surface area (Å²) in [5.74, 6) is 0. The molecule has 9 heavy (non-hydrogen) atoms. The van der Waals surface area contributed by atoms with Gasteiger partial charge in [-0.1, -0.05) is 0 Å².